The van der Waals surface area contributed by atoms with Crippen molar-refractivity contribution in [1.29, 1.82) is 5.26 Å². The van der Waals surface area contributed by atoms with Gasteiger partial charge >= 0.3 is 0 Å². The zero-order valence-electron chi connectivity index (χ0n) is 7.83. The second-order valence-electron chi connectivity index (χ2n) is 3.54. The van der Waals surface area contributed by atoms with E-state index in [-0.39, 0.29) is 0 Å². The molecule has 0 heterocycles. The van der Waals surface area contributed by atoms with Crippen molar-refractivity contribution in [3.8, 4) is 6.07 Å². The Morgan fingerprint density at radius 3 is 2.46 bits per heavy atom. The first-order valence-corrected chi connectivity index (χ1v) is 4.35. The van der Waals surface area contributed by atoms with Crippen molar-refractivity contribution in [2.75, 3.05) is 6.54 Å². The van der Waals surface area contributed by atoms with Crippen molar-refractivity contribution >= 4 is 0 Å². The molecular formula is C11H14N2. The summed E-state index contributed by atoms with van der Waals surface area (Å²) in [5, 5.41) is 8.92. The molecule has 0 aliphatic heterocycles. The van der Waals surface area contributed by atoms with Gasteiger partial charge in [-0.05, 0) is 18.9 Å². The standard InChI is InChI=1S/C11H14N2/c1-11(8-12,9-13)7-10-5-3-2-4-6-10/h2-6H,7-8,12H2,1H3/t11-/m0/s1. The Morgan fingerprint density at radius 2 is 2.00 bits per heavy atom. The van der Waals surface area contributed by atoms with Crippen molar-refractivity contribution < 1.29 is 0 Å². The number of benzene rings is 1. The molecule has 0 bridgehead atoms. The second kappa shape index (κ2) is 4.06. The quantitative estimate of drug-likeness (QED) is 0.758. The molecule has 0 saturated heterocycles. The van der Waals surface area contributed by atoms with Gasteiger partial charge in [-0.3, -0.25) is 0 Å². The summed E-state index contributed by atoms with van der Waals surface area (Å²) < 4.78 is 0. The molecule has 13 heavy (non-hydrogen) atoms. The average Bonchev–Trinajstić information content (AvgIpc) is 2.19. The summed E-state index contributed by atoms with van der Waals surface area (Å²) in [6, 6.07) is 12.2. The van der Waals surface area contributed by atoms with Gasteiger partial charge in [0.05, 0.1) is 11.5 Å². The fourth-order valence-corrected chi connectivity index (χ4v) is 1.20. The Labute approximate surface area is 79.0 Å². The average molecular weight is 174 g/mol. The Balaban J connectivity index is 2.75. The molecule has 68 valence electrons. The smallest absolute Gasteiger partial charge is 0.0708 e. The summed E-state index contributed by atoms with van der Waals surface area (Å²) in [5.74, 6) is 0. The van der Waals surface area contributed by atoms with Crippen LogP contribution < -0.4 is 5.73 Å². The highest BCUT2D eigenvalue weighted by atomic mass is 14.6. The van der Waals surface area contributed by atoms with E-state index in [2.05, 4.69) is 6.07 Å². The van der Waals surface area contributed by atoms with Crippen LogP contribution in [0.15, 0.2) is 30.3 Å². The van der Waals surface area contributed by atoms with Gasteiger partial charge < -0.3 is 5.73 Å². The van der Waals surface area contributed by atoms with E-state index in [0.29, 0.717) is 6.54 Å². The molecule has 0 aliphatic rings. The molecule has 1 aromatic rings. The molecule has 1 aromatic carbocycles. The molecule has 0 amide bonds. The summed E-state index contributed by atoms with van der Waals surface area (Å²) in [5.41, 5.74) is 6.28. The monoisotopic (exact) mass is 174 g/mol. The Bertz CT molecular complexity index is 300. The molecule has 1 atom stereocenters. The van der Waals surface area contributed by atoms with Crippen molar-refractivity contribution in [1.82, 2.24) is 0 Å². The van der Waals surface area contributed by atoms with Gasteiger partial charge in [0.25, 0.3) is 0 Å². The predicted octanol–water partition coefficient (Wildman–Crippen LogP) is 1.72. The number of hydrogen-bond acceptors (Lipinski definition) is 2. The Morgan fingerprint density at radius 1 is 1.38 bits per heavy atom. The lowest BCUT2D eigenvalue weighted by molar-refractivity contribution is 0.452. The summed E-state index contributed by atoms with van der Waals surface area (Å²) in [6.07, 6.45) is 0.723. The molecule has 2 heteroatoms. The van der Waals surface area contributed by atoms with Crippen LogP contribution in [0.3, 0.4) is 0 Å². The summed E-state index contributed by atoms with van der Waals surface area (Å²) in [4.78, 5) is 0. The van der Waals surface area contributed by atoms with Crippen LogP contribution >= 0.6 is 0 Å². The minimum atomic E-state index is -0.429. The molecule has 0 spiro atoms. The molecule has 0 fully saturated rings. The Kier molecular flexibility index (Phi) is 3.05. The summed E-state index contributed by atoms with van der Waals surface area (Å²) in [6.45, 7) is 2.29. The highest BCUT2D eigenvalue weighted by molar-refractivity contribution is 5.18. The van der Waals surface area contributed by atoms with E-state index >= 15 is 0 Å². The normalized spacial score (nSPS) is 14.5. The van der Waals surface area contributed by atoms with E-state index in [0.717, 1.165) is 12.0 Å². The lowest BCUT2D eigenvalue weighted by Crippen LogP contribution is -2.27. The van der Waals surface area contributed by atoms with Crippen LogP contribution in [0.5, 0.6) is 0 Å². The molecule has 0 unspecified atom stereocenters. The maximum atomic E-state index is 8.92. The highest BCUT2D eigenvalue weighted by Gasteiger charge is 2.21. The molecule has 0 saturated carbocycles. The fourth-order valence-electron chi connectivity index (χ4n) is 1.20. The minimum absolute atomic E-state index is 0.401. The van der Waals surface area contributed by atoms with E-state index in [4.69, 9.17) is 11.0 Å². The lowest BCUT2D eigenvalue weighted by atomic mass is 9.85. The van der Waals surface area contributed by atoms with Gasteiger partial charge in [-0.25, -0.2) is 0 Å². The van der Waals surface area contributed by atoms with Crippen LogP contribution in [0.2, 0.25) is 0 Å². The predicted molar refractivity (Wildman–Crippen MR) is 52.9 cm³/mol. The van der Waals surface area contributed by atoms with E-state index in [1.165, 1.54) is 0 Å². The van der Waals surface area contributed by atoms with E-state index < -0.39 is 5.41 Å². The van der Waals surface area contributed by atoms with Gasteiger partial charge in [-0.15, -0.1) is 0 Å². The van der Waals surface area contributed by atoms with Crippen molar-refractivity contribution in [3.63, 3.8) is 0 Å². The second-order valence-corrected chi connectivity index (χ2v) is 3.54. The summed E-state index contributed by atoms with van der Waals surface area (Å²) >= 11 is 0. The first kappa shape index (κ1) is 9.76. The maximum absolute atomic E-state index is 8.92. The van der Waals surface area contributed by atoms with Crippen LogP contribution in [0.25, 0.3) is 0 Å². The molecule has 2 nitrogen and oxygen atoms in total. The first-order valence-electron chi connectivity index (χ1n) is 4.35. The zero-order valence-corrected chi connectivity index (χ0v) is 7.83. The SMILES string of the molecule is C[C@@](C#N)(CN)Cc1ccccc1. The molecule has 0 radical (unpaired) electrons. The zero-order chi connectivity index (χ0) is 9.73. The third-order valence-electron chi connectivity index (χ3n) is 2.16. The Hall–Kier alpha value is -1.33. The minimum Gasteiger partial charge on any atom is -0.329 e. The number of nitriles is 1. The van der Waals surface area contributed by atoms with E-state index in [1.807, 2.05) is 37.3 Å². The van der Waals surface area contributed by atoms with Gasteiger partial charge in [0.15, 0.2) is 0 Å². The fraction of sp³-hybridized carbons (Fsp3) is 0.364. The van der Waals surface area contributed by atoms with Gasteiger partial charge in [0.2, 0.25) is 0 Å². The van der Waals surface area contributed by atoms with E-state index in [1.54, 1.807) is 0 Å². The highest BCUT2D eigenvalue weighted by Crippen LogP contribution is 2.19. The van der Waals surface area contributed by atoms with Gasteiger partial charge in [-0.2, -0.15) is 5.26 Å². The van der Waals surface area contributed by atoms with Gasteiger partial charge in [0.1, 0.15) is 0 Å². The molecular weight excluding hydrogens is 160 g/mol. The molecule has 0 aromatic heterocycles. The van der Waals surface area contributed by atoms with Gasteiger partial charge in [-0.1, -0.05) is 30.3 Å². The lowest BCUT2D eigenvalue weighted by Gasteiger charge is -2.18. The third kappa shape index (κ3) is 2.57. The van der Waals surface area contributed by atoms with Crippen molar-refractivity contribution in [3.05, 3.63) is 35.9 Å². The number of nitrogens with two attached hydrogens (primary N) is 1. The molecule has 2 N–H and O–H groups in total. The van der Waals surface area contributed by atoms with Crippen LogP contribution in [-0.2, 0) is 6.42 Å². The number of nitrogens with zero attached hydrogens (tertiary/aromatic N) is 1. The first-order chi connectivity index (χ1) is 6.20. The largest absolute Gasteiger partial charge is 0.329 e. The molecule has 1 rings (SSSR count). The number of hydrogen-bond donors (Lipinski definition) is 1. The van der Waals surface area contributed by atoms with Crippen LogP contribution in [0, 0.1) is 16.7 Å². The summed E-state index contributed by atoms with van der Waals surface area (Å²) in [7, 11) is 0. The van der Waals surface area contributed by atoms with Gasteiger partial charge in [0, 0.05) is 6.54 Å². The van der Waals surface area contributed by atoms with Crippen molar-refractivity contribution in [2.45, 2.75) is 13.3 Å². The third-order valence-corrected chi connectivity index (χ3v) is 2.16. The van der Waals surface area contributed by atoms with Crippen LogP contribution in [-0.4, -0.2) is 6.54 Å². The molecule has 0 aliphatic carbocycles. The maximum Gasteiger partial charge on any atom is 0.0708 e. The van der Waals surface area contributed by atoms with E-state index in [9.17, 15) is 0 Å². The van der Waals surface area contributed by atoms with Crippen molar-refractivity contribution in [2.24, 2.45) is 11.1 Å². The topological polar surface area (TPSA) is 49.8 Å². The van der Waals surface area contributed by atoms with Crippen LogP contribution in [0.1, 0.15) is 12.5 Å². The van der Waals surface area contributed by atoms with Crippen LogP contribution in [0.4, 0.5) is 0 Å². The number of rotatable bonds is 3.